The SMILES string of the molecule is C=C(CCCOC/C=C/c1ccccc1)/C(C)=C/CCOC/C=C/c1ccccc1. The van der Waals surface area contributed by atoms with E-state index in [9.17, 15) is 0 Å². The van der Waals surface area contributed by atoms with Crippen molar-refractivity contribution in [1.29, 1.82) is 0 Å². The Labute approximate surface area is 182 Å². The van der Waals surface area contributed by atoms with E-state index >= 15 is 0 Å². The molecule has 0 heterocycles. The first-order valence-electron chi connectivity index (χ1n) is 10.7. The Morgan fingerprint density at radius 3 is 1.90 bits per heavy atom. The van der Waals surface area contributed by atoms with E-state index in [1.807, 2.05) is 36.4 Å². The van der Waals surface area contributed by atoms with Crippen LogP contribution in [0.1, 0.15) is 37.3 Å². The van der Waals surface area contributed by atoms with Crippen LogP contribution >= 0.6 is 0 Å². The van der Waals surface area contributed by atoms with Gasteiger partial charge in [-0.05, 0) is 37.3 Å². The summed E-state index contributed by atoms with van der Waals surface area (Å²) in [5.74, 6) is 0. The van der Waals surface area contributed by atoms with Crippen molar-refractivity contribution in [1.82, 2.24) is 0 Å². The van der Waals surface area contributed by atoms with Crippen LogP contribution in [0.25, 0.3) is 12.2 Å². The smallest absolute Gasteiger partial charge is 0.0650 e. The van der Waals surface area contributed by atoms with Gasteiger partial charge in [0.15, 0.2) is 0 Å². The summed E-state index contributed by atoms with van der Waals surface area (Å²) in [6.45, 7) is 9.08. The number of rotatable bonds is 14. The van der Waals surface area contributed by atoms with Gasteiger partial charge in [-0.1, -0.05) is 109 Å². The summed E-state index contributed by atoms with van der Waals surface area (Å²) < 4.78 is 11.3. The quantitative estimate of drug-likeness (QED) is 0.247. The Kier molecular flexibility index (Phi) is 12.0. The molecule has 2 heteroatoms. The van der Waals surface area contributed by atoms with Crippen molar-refractivity contribution in [3.05, 3.63) is 108 Å². The molecule has 2 aromatic rings. The molecule has 0 aliphatic carbocycles. The molecular weight excluding hydrogens is 368 g/mol. The van der Waals surface area contributed by atoms with Crippen molar-refractivity contribution in [3.63, 3.8) is 0 Å². The minimum absolute atomic E-state index is 0.638. The maximum absolute atomic E-state index is 5.68. The van der Waals surface area contributed by atoms with Crippen LogP contribution < -0.4 is 0 Å². The second kappa shape index (κ2) is 15.2. The summed E-state index contributed by atoms with van der Waals surface area (Å²) in [7, 11) is 0. The predicted molar refractivity (Wildman–Crippen MR) is 129 cm³/mol. The topological polar surface area (TPSA) is 18.5 Å². The Balaban J connectivity index is 1.49. The van der Waals surface area contributed by atoms with Gasteiger partial charge in [-0.2, -0.15) is 0 Å². The molecule has 0 unspecified atom stereocenters. The summed E-state index contributed by atoms with van der Waals surface area (Å²) in [4.78, 5) is 0. The third-order valence-electron chi connectivity index (χ3n) is 4.69. The van der Waals surface area contributed by atoms with Crippen LogP contribution in [0.4, 0.5) is 0 Å². The van der Waals surface area contributed by atoms with Crippen LogP contribution in [-0.4, -0.2) is 26.4 Å². The van der Waals surface area contributed by atoms with Crippen LogP contribution in [0.15, 0.2) is 96.6 Å². The highest BCUT2D eigenvalue weighted by Gasteiger charge is 1.98. The van der Waals surface area contributed by atoms with Crippen LogP contribution in [0.2, 0.25) is 0 Å². The molecule has 0 aliphatic heterocycles. The largest absolute Gasteiger partial charge is 0.377 e. The highest BCUT2D eigenvalue weighted by Crippen LogP contribution is 2.14. The number of benzene rings is 2. The molecule has 0 radical (unpaired) electrons. The Hall–Kier alpha value is -2.68. The van der Waals surface area contributed by atoms with Gasteiger partial charge in [0.1, 0.15) is 0 Å². The van der Waals surface area contributed by atoms with Crippen molar-refractivity contribution in [3.8, 4) is 0 Å². The standard InChI is InChI=1S/C28H34O2/c1-25(13-9-21-29-23-11-19-27-15-5-3-6-16-27)26(2)14-10-22-30-24-12-20-28-17-7-4-8-18-28/h3-8,11-12,14-20H,1,9-10,13,21-24H2,2H3/b19-11+,20-12+,26-14+. The van der Waals surface area contributed by atoms with E-state index in [0.29, 0.717) is 13.2 Å². The number of allylic oxidation sites excluding steroid dienone is 2. The molecule has 0 fully saturated rings. The lowest BCUT2D eigenvalue weighted by molar-refractivity contribution is 0.160. The lowest BCUT2D eigenvalue weighted by Gasteiger charge is -2.07. The van der Waals surface area contributed by atoms with Gasteiger partial charge in [0.05, 0.1) is 19.8 Å². The van der Waals surface area contributed by atoms with E-state index in [1.54, 1.807) is 0 Å². The molecule has 0 aromatic heterocycles. The van der Waals surface area contributed by atoms with E-state index in [2.05, 4.69) is 68.1 Å². The van der Waals surface area contributed by atoms with Crippen molar-refractivity contribution >= 4 is 12.2 Å². The fraction of sp³-hybridized carbons (Fsp3) is 0.286. The van der Waals surface area contributed by atoms with Gasteiger partial charge in [0.25, 0.3) is 0 Å². The van der Waals surface area contributed by atoms with Crippen LogP contribution in [0, 0.1) is 0 Å². The molecule has 0 spiro atoms. The second-order valence-electron chi connectivity index (χ2n) is 7.16. The highest BCUT2D eigenvalue weighted by molar-refractivity contribution is 5.49. The van der Waals surface area contributed by atoms with Gasteiger partial charge in [-0.15, -0.1) is 0 Å². The molecule has 0 amide bonds. The third kappa shape index (κ3) is 10.8. The lowest BCUT2D eigenvalue weighted by atomic mass is 10.0. The molecule has 0 aliphatic rings. The van der Waals surface area contributed by atoms with Gasteiger partial charge in [0, 0.05) is 6.61 Å². The lowest BCUT2D eigenvalue weighted by Crippen LogP contribution is -1.96. The maximum atomic E-state index is 5.68. The molecule has 0 saturated carbocycles. The highest BCUT2D eigenvalue weighted by atomic mass is 16.5. The molecule has 2 nitrogen and oxygen atoms in total. The molecule has 0 saturated heterocycles. The summed E-state index contributed by atoms with van der Waals surface area (Å²) in [6, 6.07) is 20.5. The van der Waals surface area contributed by atoms with E-state index in [1.165, 1.54) is 22.3 Å². The second-order valence-corrected chi connectivity index (χ2v) is 7.16. The summed E-state index contributed by atoms with van der Waals surface area (Å²) in [5, 5.41) is 0. The minimum Gasteiger partial charge on any atom is -0.377 e. The monoisotopic (exact) mass is 402 g/mol. The molecule has 0 bridgehead atoms. The van der Waals surface area contributed by atoms with Gasteiger partial charge in [0.2, 0.25) is 0 Å². The molecule has 2 rings (SSSR count). The van der Waals surface area contributed by atoms with Gasteiger partial charge in [-0.3, -0.25) is 0 Å². The van der Waals surface area contributed by atoms with Crippen LogP contribution in [0.5, 0.6) is 0 Å². The van der Waals surface area contributed by atoms with Gasteiger partial charge < -0.3 is 9.47 Å². The van der Waals surface area contributed by atoms with Crippen molar-refractivity contribution in [2.45, 2.75) is 26.2 Å². The summed E-state index contributed by atoms with van der Waals surface area (Å²) in [6.07, 6.45) is 13.4. The fourth-order valence-corrected chi connectivity index (χ4v) is 2.89. The first kappa shape index (κ1) is 23.6. The third-order valence-corrected chi connectivity index (χ3v) is 4.69. The van der Waals surface area contributed by atoms with Crippen LogP contribution in [0.3, 0.4) is 0 Å². The minimum atomic E-state index is 0.638. The maximum Gasteiger partial charge on any atom is 0.0650 e. The summed E-state index contributed by atoms with van der Waals surface area (Å²) >= 11 is 0. The molecule has 2 aromatic carbocycles. The zero-order valence-electron chi connectivity index (χ0n) is 18.1. The van der Waals surface area contributed by atoms with E-state index in [0.717, 1.165) is 32.5 Å². The van der Waals surface area contributed by atoms with Crippen molar-refractivity contribution < 1.29 is 9.47 Å². The number of ether oxygens (including phenoxy) is 2. The first-order valence-corrected chi connectivity index (χ1v) is 10.7. The molecule has 158 valence electrons. The number of hydrogen-bond donors (Lipinski definition) is 0. The first-order chi connectivity index (χ1) is 14.8. The van der Waals surface area contributed by atoms with Crippen molar-refractivity contribution in [2.24, 2.45) is 0 Å². The molecule has 30 heavy (non-hydrogen) atoms. The zero-order valence-corrected chi connectivity index (χ0v) is 18.1. The van der Waals surface area contributed by atoms with E-state index < -0.39 is 0 Å². The number of hydrogen-bond acceptors (Lipinski definition) is 2. The molecular formula is C28H34O2. The Morgan fingerprint density at radius 2 is 1.33 bits per heavy atom. The van der Waals surface area contributed by atoms with Gasteiger partial charge >= 0.3 is 0 Å². The molecule has 0 atom stereocenters. The average Bonchev–Trinajstić information content (AvgIpc) is 2.79. The van der Waals surface area contributed by atoms with Crippen LogP contribution in [-0.2, 0) is 9.47 Å². The Bertz CT molecular complexity index is 801. The van der Waals surface area contributed by atoms with Crippen molar-refractivity contribution in [2.75, 3.05) is 26.4 Å². The van der Waals surface area contributed by atoms with Gasteiger partial charge in [-0.25, -0.2) is 0 Å². The average molecular weight is 403 g/mol. The Morgan fingerprint density at radius 1 is 0.800 bits per heavy atom. The van der Waals surface area contributed by atoms with E-state index in [-0.39, 0.29) is 0 Å². The fourth-order valence-electron chi connectivity index (χ4n) is 2.89. The normalized spacial score (nSPS) is 12.1. The van der Waals surface area contributed by atoms with E-state index in [4.69, 9.17) is 9.47 Å². The predicted octanol–water partition coefficient (Wildman–Crippen LogP) is 7.12. The zero-order chi connectivity index (χ0) is 21.3. The molecule has 0 N–H and O–H groups in total. The summed E-state index contributed by atoms with van der Waals surface area (Å²) in [5.41, 5.74) is 4.83.